The Labute approximate surface area is 144 Å². The van der Waals surface area contributed by atoms with Gasteiger partial charge in [-0.3, -0.25) is 4.79 Å². The zero-order valence-electron chi connectivity index (χ0n) is 14.9. The number of nitrogens with zero attached hydrogens (tertiary/aromatic N) is 3. The molecule has 5 heteroatoms. The first-order chi connectivity index (χ1) is 11.5. The summed E-state index contributed by atoms with van der Waals surface area (Å²) in [7, 11) is 0. The van der Waals surface area contributed by atoms with Crippen LogP contribution in [0.4, 0.5) is 5.82 Å². The molecule has 0 spiro atoms. The Balaban J connectivity index is 2.16. The van der Waals surface area contributed by atoms with Crippen LogP contribution < -0.4 is 5.32 Å². The fourth-order valence-corrected chi connectivity index (χ4v) is 2.30. The van der Waals surface area contributed by atoms with Crippen molar-refractivity contribution in [2.75, 3.05) is 11.9 Å². The second-order valence-electron chi connectivity index (χ2n) is 6.58. The van der Waals surface area contributed by atoms with Crippen molar-refractivity contribution in [3.05, 3.63) is 54.0 Å². The molecule has 0 bridgehead atoms. The number of rotatable bonds is 7. The Hall–Kier alpha value is -2.43. The molecule has 1 aromatic heterocycles. The molecule has 0 atom stereocenters. The molecule has 0 saturated carbocycles. The van der Waals surface area contributed by atoms with Gasteiger partial charge >= 0.3 is 0 Å². The fourth-order valence-electron chi connectivity index (χ4n) is 2.30. The highest BCUT2D eigenvalue weighted by Gasteiger charge is 2.20. The van der Waals surface area contributed by atoms with E-state index in [1.54, 1.807) is 6.07 Å². The topological polar surface area (TPSA) is 58.1 Å². The minimum absolute atomic E-state index is 0.0798. The maximum atomic E-state index is 12.9. The largest absolute Gasteiger partial charge is 0.370 e. The smallest absolute Gasteiger partial charge is 0.273 e. The number of amides is 1. The molecule has 128 valence electrons. The number of anilines is 1. The van der Waals surface area contributed by atoms with Crippen molar-refractivity contribution in [2.45, 2.75) is 40.3 Å². The molecular formula is C19H26N4O. The molecule has 0 aliphatic rings. The molecule has 0 fully saturated rings. The summed E-state index contributed by atoms with van der Waals surface area (Å²) in [5.41, 5.74) is 1.52. The summed E-state index contributed by atoms with van der Waals surface area (Å²) in [5, 5.41) is 3.24. The van der Waals surface area contributed by atoms with Crippen LogP contribution in [-0.2, 0) is 6.54 Å². The molecule has 0 unspecified atom stereocenters. The molecule has 1 heterocycles. The van der Waals surface area contributed by atoms with Crippen molar-refractivity contribution in [1.29, 1.82) is 0 Å². The highest BCUT2D eigenvalue weighted by molar-refractivity contribution is 5.93. The standard InChI is InChI=1S/C19H26N4O/c1-14(2)11-20-18-10-17(21-13-22-18)19(24)23(15(3)4)12-16-8-6-5-7-9-16/h5-10,13-15H,11-12H2,1-4H3,(H,20,21,22). The minimum Gasteiger partial charge on any atom is -0.370 e. The Morgan fingerprint density at radius 1 is 1.12 bits per heavy atom. The Kier molecular flexibility index (Phi) is 6.29. The second-order valence-corrected chi connectivity index (χ2v) is 6.58. The van der Waals surface area contributed by atoms with Gasteiger partial charge in [0.1, 0.15) is 17.8 Å². The van der Waals surface area contributed by atoms with Gasteiger partial charge in [-0.2, -0.15) is 0 Å². The molecular weight excluding hydrogens is 300 g/mol. The number of hydrogen-bond donors (Lipinski definition) is 1. The van der Waals surface area contributed by atoms with Crippen LogP contribution in [0.25, 0.3) is 0 Å². The van der Waals surface area contributed by atoms with Gasteiger partial charge in [0.05, 0.1) is 0 Å². The molecule has 1 amide bonds. The van der Waals surface area contributed by atoms with Gasteiger partial charge in [0, 0.05) is 25.2 Å². The lowest BCUT2D eigenvalue weighted by atomic mass is 10.1. The summed E-state index contributed by atoms with van der Waals surface area (Å²) >= 11 is 0. The third-order valence-electron chi connectivity index (χ3n) is 3.66. The van der Waals surface area contributed by atoms with Crippen LogP contribution in [0, 0.1) is 5.92 Å². The second kappa shape index (κ2) is 8.43. The number of benzene rings is 1. The summed E-state index contributed by atoms with van der Waals surface area (Å²) in [4.78, 5) is 23.1. The number of aromatic nitrogens is 2. The van der Waals surface area contributed by atoms with Crippen LogP contribution in [0.2, 0.25) is 0 Å². The van der Waals surface area contributed by atoms with Crippen LogP contribution in [-0.4, -0.2) is 33.4 Å². The minimum atomic E-state index is -0.0798. The van der Waals surface area contributed by atoms with Crippen LogP contribution >= 0.6 is 0 Å². The van der Waals surface area contributed by atoms with Crippen LogP contribution in [0.15, 0.2) is 42.7 Å². The maximum absolute atomic E-state index is 12.9. The van der Waals surface area contributed by atoms with Gasteiger partial charge in [-0.25, -0.2) is 9.97 Å². The fraction of sp³-hybridized carbons (Fsp3) is 0.421. The maximum Gasteiger partial charge on any atom is 0.273 e. The highest BCUT2D eigenvalue weighted by atomic mass is 16.2. The van der Waals surface area contributed by atoms with Crippen molar-refractivity contribution in [3.63, 3.8) is 0 Å². The monoisotopic (exact) mass is 326 g/mol. The van der Waals surface area contributed by atoms with Crippen molar-refractivity contribution < 1.29 is 4.79 Å². The average molecular weight is 326 g/mol. The first kappa shape index (κ1) is 17.9. The first-order valence-electron chi connectivity index (χ1n) is 8.38. The van der Waals surface area contributed by atoms with E-state index in [-0.39, 0.29) is 11.9 Å². The Morgan fingerprint density at radius 3 is 2.46 bits per heavy atom. The molecule has 24 heavy (non-hydrogen) atoms. The lowest BCUT2D eigenvalue weighted by Gasteiger charge is -2.26. The number of hydrogen-bond acceptors (Lipinski definition) is 4. The molecule has 0 aliphatic heterocycles. The van der Waals surface area contributed by atoms with Crippen LogP contribution in [0.3, 0.4) is 0 Å². The molecule has 0 aliphatic carbocycles. The van der Waals surface area contributed by atoms with Crippen LogP contribution in [0.5, 0.6) is 0 Å². The van der Waals surface area contributed by atoms with Crippen molar-refractivity contribution in [1.82, 2.24) is 14.9 Å². The van der Waals surface area contributed by atoms with Gasteiger partial charge in [0.2, 0.25) is 0 Å². The van der Waals surface area contributed by atoms with E-state index in [0.717, 1.165) is 12.1 Å². The summed E-state index contributed by atoms with van der Waals surface area (Å²) in [6.07, 6.45) is 1.44. The molecule has 5 nitrogen and oxygen atoms in total. The van der Waals surface area contributed by atoms with Crippen molar-refractivity contribution >= 4 is 11.7 Å². The lowest BCUT2D eigenvalue weighted by Crippen LogP contribution is -2.37. The predicted octanol–water partition coefficient (Wildman–Crippen LogP) is 3.60. The summed E-state index contributed by atoms with van der Waals surface area (Å²) in [6.45, 7) is 9.65. The lowest BCUT2D eigenvalue weighted by molar-refractivity contribution is 0.0684. The van der Waals surface area contributed by atoms with Gasteiger partial charge in [0.15, 0.2) is 0 Å². The SMILES string of the molecule is CC(C)CNc1cc(C(=O)N(Cc2ccccc2)C(C)C)ncn1. The Morgan fingerprint density at radius 2 is 1.83 bits per heavy atom. The summed E-state index contributed by atoms with van der Waals surface area (Å²) in [6, 6.07) is 11.8. The first-order valence-corrected chi connectivity index (χ1v) is 8.38. The molecule has 2 rings (SSSR count). The molecule has 0 radical (unpaired) electrons. The number of nitrogens with one attached hydrogen (secondary N) is 1. The zero-order chi connectivity index (χ0) is 17.5. The van der Waals surface area contributed by atoms with E-state index in [1.807, 2.05) is 49.1 Å². The average Bonchev–Trinajstić information content (AvgIpc) is 2.58. The summed E-state index contributed by atoms with van der Waals surface area (Å²) < 4.78 is 0. The van der Waals surface area contributed by atoms with E-state index in [1.165, 1.54) is 6.33 Å². The van der Waals surface area contributed by atoms with E-state index >= 15 is 0 Å². The van der Waals surface area contributed by atoms with Gasteiger partial charge in [-0.15, -0.1) is 0 Å². The van der Waals surface area contributed by atoms with Gasteiger partial charge in [0.25, 0.3) is 5.91 Å². The highest BCUT2D eigenvalue weighted by Crippen LogP contribution is 2.14. The number of carbonyl (C=O) groups is 1. The quantitative estimate of drug-likeness (QED) is 0.844. The zero-order valence-corrected chi connectivity index (χ0v) is 14.9. The predicted molar refractivity (Wildman–Crippen MR) is 96.8 cm³/mol. The van der Waals surface area contributed by atoms with Crippen molar-refractivity contribution in [3.8, 4) is 0 Å². The molecule has 1 N–H and O–H groups in total. The third kappa shape index (κ3) is 5.05. The molecule has 0 saturated heterocycles. The van der Waals surface area contributed by atoms with Crippen molar-refractivity contribution in [2.24, 2.45) is 5.92 Å². The molecule has 2 aromatic rings. The summed E-state index contributed by atoms with van der Waals surface area (Å²) in [5.74, 6) is 1.11. The Bertz CT molecular complexity index is 655. The normalized spacial score (nSPS) is 10.9. The van der Waals surface area contributed by atoms with E-state index in [9.17, 15) is 4.79 Å². The van der Waals surface area contributed by atoms with E-state index in [0.29, 0.717) is 24.0 Å². The molecule has 1 aromatic carbocycles. The van der Waals surface area contributed by atoms with Gasteiger partial charge < -0.3 is 10.2 Å². The third-order valence-corrected chi connectivity index (χ3v) is 3.66. The van der Waals surface area contributed by atoms with E-state index < -0.39 is 0 Å². The van der Waals surface area contributed by atoms with Crippen LogP contribution in [0.1, 0.15) is 43.7 Å². The van der Waals surface area contributed by atoms with E-state index in [4.69, 9.17) is 0 Å². The van der Waals surface area contributed by atoms with Gasteiger partial charge in [-0.05, 0) is 25.3 Å². The number of carbonyl (C=O) groups excluding carboxylic acids is 1. The van der Waals surface area contributed by atoms with Gasteiger partial charge in [-0.1, -0.05) is 44.2 Å². The van der Waals surface area contributed by atoms with E-state index in [2.05, 4.69) is 29.1 Å².